The van der Waals surface area contributed by atoms with Gasteiger partial charge in [-0.1, -0.05) is 47.5 Å². The Morgan fingerprint density at radius 3 is 1.67 bits per heavy atom. The first-order chi connectivity index (χ1) is 6.91. The minimum Gasteiger partial charge on any atom is -0.393 e. The Kier molecular flexibility index (Phi) is 8.13. The lowest BCUT2D eigenvalue weighted by Crippen LogP contribution is -2.13. The summed E-state index contributed by atoms with van der Waals surface area (Å²) in [6.45, 7) is 11.2. The molecule has 1 N–H and O–H groups in total. The second kappa shape index (κ2) is 8.15. The number of hydrogen-bond acceptors (Lipinski definition) is 1. The van der Waals surface area contributed by atoms with E-state index < -0.39 is 0 Å². The third kappa shape index (κ3) is 10.2. The SMILES string of the molecule is CC(C)CC[C@H](C)C[C@@H](O)CCC(C)C. The van der Waals surface area contributed by atoms with Gasteiger partial charge in [0.15, 0.2) is 0 Å². The van der Waals surface area contributed by atoms with Crippen molar-refractivity contribution in [2.24, 2.45) is 17.8 Å². The van der Waals surface area contributed by atoms with Crippen LogP contribution in [0.15, 0.2) is 0 Å². The van der Waals surface area contributed by atoms with Crippen molar-refractivity contribution in [3.8, 4) is 0 Å². The van der Waals surface area contributed by atoms with Crippen LogP contribution < -0.4 is 0 Å². The van der Waals surface area contributed by atoms with Crippen molar-refractivity contribution in [1.82, 2.24) is 0 Å². The van der Waals surface area contributed by atoms with E-state index in [4.69, 9.17) is 0 Å². The fourth-order valence-electron chi connectivity index (χ4n) is 1.84. The van der Waals surface area contributed by atoms with Gasteiger partial charge < -0.3 is 5.11 Å². The zero-order valence-electron chi connectivity index (χ0n) is 11.3. The molecule has 0 radical (unpaired) electrons. The van der Waals surface area contributed by atoms with Gasteiger partial charge in [-0.05, 0) is 37.0 Å². The van der Waals surface area contributed by atoms with Crippen molar-refractivity contribution in [1.29, 1.82) is 0 Å². The Balaban J connectivity index is 3.52. The Hall–Kier alpha value is -0.0400. The van der Waals surface area contributed by atoms with E-state index in [0.29, 0.717) is 11.8 Å². The maximum atomic E-state index is 9.83. The molecule has 0 unspecified atom stereocenters. The molecule has 15 heavy (non-hydrogen) atoms. The average molecular weight is 214 g/mol. The lowest BCUT2D eigenvalue weighted by molar-refractivity contribution is 0.126. The van der Waals surface area contributed by atoms with Gasteiger partial charge in [-0.25, -0.2) is 0 Å². The van der Waals surface area contributed by atoms with Gasteiger partial charge in [0.1, 0.15) is 0 Å². The monoisotopic (exact) mass is 214 g/mol. The lowest BCUT2D eigenvalue weighted by atomic mass is 9.92. The van der Waals surface area contributed by atoms with Gasteiger partial charge >= 0.3 is 0 Å². The summed E-state index contributed by atoms with van der Waals surface area (Å²) in [6.07, 6.45) is 5.59. The van der Waals surface area contributed by atoms with Crippen molar-refractivity contribution < 1.29 is 5.11 Å². The summed E-state index contributed by atoms with van der Waals surface area (Å²) in [4.78, 5) is 0. The molecule has 0 aliphatic carbocycles. The molecule has 0 heterocycles. The molecule has 0 aromatic rings. The third-order valence-electron chi connectivity index (χ3n) is 2.99. The van der Waals surface area contributed by atoms with Crippen LogP contribution in [0.25, 0.3) is 0 Å². The van der Waals surface area contributed by atoms with Gasteiger partial charge in [0.05, 0.1) is 6.10 Å². The second-order valence-electron chi connectivity index (χ2n) is 5.94. The summed E-state index contributed by atoms with van der Waals surface area (Å²) < 4.78 is 0. The van der Waals surface area contributed by atoms with Crippen LogP contribution in [-0.2, 0) is 0 Å². The molecule has 0 saturated carbocycles. The Morgan fingerprint density at radius 2 is 1.20 bits per heavy atom. The maximum absolute atomic E-state index is 9.83. The summed E-state index contributed by atoms with van der Waals surface area (Å²) >= 11 is 0. The average Bonchev–Trinajstić information content (AvgIpc) is 2.11. The van der Waals surface area contributed by atoms with Gasteiger partial charge in [-0.2, -0.15) is 0 Å². The van der Waals surface area contributed by atoms with Gasteiger partial charge in [-0.3, -0.25) is 0 Å². The van der Waals surface area contributed by atoms with Gasteiger partial charge in [0.2, 0.25) is 0 Å². The molecule has 0 aliphatic rings. The van der Waals surface area contributed by atoms with E-state index in [2.05, 4.69) is 34.6 Å². The Morgan fingerprint density at radius 1 is 0.733 bits per heavy atom. The molecule has 92 valence electrons. The Bertz CT molecular complexity index is 124. The summed E-state index contributed by atoms with van der Waals surface area (Å²) in [5.74, 6) is 2.18. The highest BCUT2D eigenvalue weighted by molar-refractivity contribution is 4.63. The first kappa shape index (κ1) is 15.0. The molecule has 0 spiro atoms. The smallest absolute Gasteiger partial charge is 0.0542 e. The number of aliphatic hydroxyl groups excluding tert-OH is 1. The molecule has 2 atom stereocenters. The molecular weight excluding hydrogens is 184 g/mol. The van der Waals surface area contributed by atoms with Crippen LogP contribution in [0, 0.1) is 17.8 Å². The highest BCUT2D eigenvalue weighted by Gasteiger charge is 2.11. The summed E-state index contributed by atoms with van der Waals surface area (Å²) in [6, 6.07) is 0. The molecule has 0 saturated heterocycles. The van der Waals surface area contributed by atoms with Crippen LogP contribution in [0.2, 0.25) is 0 Å². The van der Waals surface area contributed by atoms with E-state index in [1.165, 1.54) is 12.8 Å². The molecule has 0 rings (SSSR count). The zero-order chi connectivity index (χ0) is 11.8. The number of hydrogen-bond donors (Lipinski definition) is 1. The minimum atomic E-state index is -0.0745. The van der Waals surface area contributed by atoms with Gasteiger partial charge in [-0.15, -0.1) is 0 Å². The fraction of sp³-hybridized carbons (Fsp3) is 1.00. The van der Waals surface area contributed by atoms with E-state index in [0.717, 1.165) is 25.2 Å². The van der Waals surface area contributed by atoms with E-state index in [1.807, 2.05) is 0 Å². The van der Waals surface area contributed by atoms with Crippen LogP contribution in [-0.4, -0.2) is 11.2 Å². The van der Waals surface area contributed by atoms with Crippen LogP contribution >= 0.6 is 0 Å². The van der Waals surface area contributed by atoms with Gasteiger partial charge in [0, 0.05) is 0 Å². The van der Waals surface area contributed by atoms with Crippen molar-refractivity contribution in [3.05, 3.63) is 0 Å². The van der Waals surface area contributed by atoms with E-state index >= 15 is 0 Å². The molecular formula is C14H30O. The van der Waals surface area contributed by atoms with Crippen molar-refractivity contribution >= 4 is 0 Å². The quantitative estimate of drug-likeness (QED) is 0.640. The molecule has 0 fully saturated rings. The van der Waals surface area contributed by atoms with Gasteiger partial charge in [0.25, 0.3) is 0 Å². The maximum Gasteiger partial charge on any atom is 0.0542 e. The molecule has 0 bridgehead atoms. The van der Waals surface area contributed by atoms with Crippen LogP contribution in [0.5, 0.6) is 0 Å². The standard InChI is InChI=1S/C14H30O/c1-11(2)6-8-13(5)10-14(15)9-7-12(3)4/h11-15H,6-10H2,1-5H3/t13-,14-/m0/s1. The predicted octanol–water partition coefficient (Wildman–Crippen LogP) is 4.25. The second-order valence-corrected chi connectivity index (χ2v) is 5.94. The molecule has 1 heteroatoms. The summed E-state index contributed by atoms with van der Waals surface area (Å²) in [7, 11) is 0. The minimum absolute atomic E-state index is 0.0745. The molecule has 0 aromatic carbocycles. The number of aliphatic hydroxyl groups is 1. The number of rotatable bonds is 8. The molecule has 1 nitrogen and oxygen atoms in total. The van der Waals surface area contributed by atoms with Crippen molar-refractivity contribution in [2.45, 2.75) is 72.8 Å². The zero-order valence-corrected chi connectivity index (χ0v) is 11.3. The fourth-order valence-corrected chi connectivity index (χ4v) is 1.84. The van der Waals surface area contributed by atoms with Crippen LogP contribution in [0.4, 0.5) is 0 Å². The molecule has 0 aliphatic heterocycles. The highest BCUT2D eigenvalue weighted by Crippen LogP contribution is 2.19. The predicted molar refractivity (Wildman–Crippen MR) is 67.9 cm³/mol. The van der Waals surface area contributed by atoms with E-state index in [-0.39, 0.29) is 6.10 Å². The van der Waals surface area contributed by atoms with Crippen LogP contribution in [0.1, 0.15) is 66.7 Å². The van der Waals surface area contributed by atoms with E-state index in [9.17, 15) is 5.11 Å². The Labute approximate surface area is 96.3 Å². The van der Waals surface area contributed by atoms with Crippen molar-refractivity contribution in [2.75, 3.05) is 0 Å². The first-order valence-electron chi connectivity index (χ1n) is 6.59. The molecule has 0 amide bonds. The normalized spacial score (nSPS) is 16.0. The summed E-state index contributed by atoms with van der Waals surface area (Å²) in [5.41, 5.74) is 0. The first-order valence-corrected chi connectivity index (χ1v) is 6.59. The third-order valence-corrected chi connectivity index (χ3v) is 2.99. The highest BCUT2D eigenvalue weighted by atomic mass is 16.3. The summed E-state index contributed by atoms with van der Waals surface area (Å²) in [5, 5.41) is 9.83. The lowest BCUT2D eigenvalue weighted by Gasteiger charge is -2.18. The van der Waals surface area contributed by atoms with E-state index in [1.54, 1.807) is 0 Å². The van der Waals surface area contributed by atoms with Crippen LogP contribution in [0.3, 0.4) is 0 Å². The largest absolute Gasteiger partial charge is 0.393 e. The van der Waals surface area contributed by atoms with Crippen molar-refractivity contribution in [3.63, 3.8) is 0 Å². The topological polar surface area (TPSA) is 20.2 Å². The molecule has 0 aromatic heterocycles.